The number of sulfone groups is 1. The van der Waals surface area contributed by atoms with Gasteiger partial charge >= 0.3 is 0 Å². The van der Waals surface area contributed by atoms with Crippen molar-refractivity contribution in [3.63, 3.8) is 0 Å². The van der Waals surface area contributed by atoms with Crippen LogP contribution in [0.2, 0.25) is 0 Å². The maximum Gasteiger partial charge on any atom is 0.289 e. The van der Waals surface area contributed by atoms with Crippen molar-refractivity contribution in [2.75, 3.05) is 26.2 Å². The Balaban J connectivity index is 1.56. The van der Waals surface area contributed by atoms with Crippen molar-refractivity contribution in [3.8, 4) is 0 Å². The summed E-state index contributed by atoms with van der Waals surface area (Å²) in [5, 5.41) is 0.195. The largest absolute Gasteiger partial charge is 0.459 e. The van der Waals surface area contributed by atoms with Crippen LogP contribution >= 0.6 is 0 Å². The van der Waals surface area contributed by atoms with Gasteiger partial charge in [0.15, 0.2) is 5.76 Å². The van der Waals surface area contributed by atoms with Gasteiger partial charge in [-0.15, -0.1) is 0 Å². The first kappa shape index (κ1) is 25.0. The van der Waals surface area contributed by atoms with E-state index in [2.05, 4.69) is 5.32 Å². The molecule has 36 heavy (non-hydrogen) atoms. The van der Waals surface area contributed by atoms with E-state index in [1.807, 2.05) is 0 Å². The van der Waals surface area contributed by atoms with Crippen molar-refractivity contribution in [2.45, 2.75) is 10.3 Å². The molecule has 1 saturated heterocycles. The summed E-state index contributed by atoms with van der Waals surface area (Å²) in [6.07, 6.45) is 1.36. The van der Waals surface area contributed by atoms with Crippen LogP contribution in [0.3, 0.4) is 0 Å². The van der Waals surface area contributed by atoms with Gasteiger partial charge in [0.25, 0.3) is 17.7 Å². The molecule has 1 aromatic heterocycles. The standard InChI is InChI=1S/C24H21F2N3O6S/c25-17-5-3-16(4-6-17)21(30)27-22(36(33,34)19-9-7-18(26)8-10-19)24(32)29-13-11-28(12-14-29)23(31)20-2-1-15-35-20/h1-10,15,22H,11-14H2,(H,27,30). The van der Waals surface area contributed by atoms with Crippen molar-refractivity contribution < 1.29 is 36.0 Å². The lowest BCUT2D eigenvalue weighted by Gasteiger charge is -2.36. The highest BCUT2D eigenvalue weighted by Gasteiger charge is 2.39. The lowest BCUT2D eigenvalue weighted by molar-refractivity contribution is -0.132. The van der Waals surface area contributed by atoms with E-state index in [1.54, 1.807) is 6.07 Å². The summed E-state index contributed by atoms with van der Waals surface area (Å²) in [7, 11) is -4.50. The normalized spacial score (nSPS) is 14.8. The first-order valence-electron chi connectivity index (χ1n) is 10.8. The van der Waals surface area contributed by atoms with E-state index in [0.29, 0.717) is 0 Å². The molecule has 1 N–H and O–H groups in total. The number of halogens is 2. The first-order chi connectivity index (χ1) is 17.2. The third kappa shape index (κ3) is 5.28. The highest BCUT2D eigenvalue weighted by atomic mass is 32.2. The van der Waals surface area contributed by atoms with E-state index in [1.165, 1.54) is 22.1 Å². The van der Waals surface area contributed by atoms with E-state index in [9.17, 15) is 31.6 Å². The van der Waals surface area contributed by atoms with Gasteiger partial charge in [0.05, 0.1) is 11.2 Å². The van der Waals surface area contributed by atoms with Crippen LogP contribution in [0.15, 0.2) is 76.2 Å². The van der Waals surface area contributed by atoms with Gasteiger partial charge in [-0.2, -0.15) is 0 Å². The van der Waals surface area contributed by atoms with Crippen molar-refractivity contribution in [1.29, 1.82) is 0 Å². The van der Waals surface area contributed by atoms with Crippen LogP contribution in [-0.4, -0.2) is 67.5 Å². The van der Waals surface area contributed by atoms with E-state index in [-0.39, 0.29) is 48.3 Å². The zero-order valence-electron chi connectivity index (χ0n) is 18.8. The van der Waals surface area contributed by atoms with Crippen LogP contribution in [0.25, 0.3) is 0 Å². The van der Waals surface area contributed by atoms with Crippen LogP contribution in [-0.2, 0) is 14.6 Å². The zero-order chi connectivity index (χ0) is 25.9. The number of nitrogens with one attached hydrogen (secondary N) is 1. The van der Waals surface area contributed by atoms with Gasteiger partial charge in [0.2, 0.25) is 15.2 Å². The maximum absolute atomic E-state index is 13.4. The summed E-state index contributed by atoms with van der Waals surface area (Å²) in [6, 6.07) is 11.3. The average molecular weight is 518 g/mol. The highest BCUT2D eigenvalue weighted by molar-refractivity contribution is 7.92. The number of hydrogen-bond donors (Lipinski definition) is 1. The Morgan fingerprint density at radius 3 is 1.94 bits per heavy atom. The van der Waals surface area contributed by atoms with E-state index >= 15 is 0 Å². The Morgan fingerprint density at radius 1 is 0.833 bits per heavy atom. The number of hydrogen-bond acceptors (Lipinski definition) is 6. The van der Waals surface area contributed by atoms with Gasteiger partial charge in [0, 0.05) is 31.7 Å². The molecule has 2 aromatic carbocycles. The molecule has 0 bridgehead atoms. The second-order valence-corrected chi connectivity index (χ2v) is 9.99. The summed E-state index contributed by atoms with van der Waals surface area (Å²) in [5.41, 5.74) is -0.0580. The maximum atomic E-state index is 13.4. The molecule has 4 rings (SSSR count). The van der Waals surface area contributed by atoms with Gasteiger partial charge in [-0.3, -0.25) is 14.4 Å². The Kier molecular flexibility index (Phi) is 7.15. The van der Waals surface area contributed by atoms with Crippen LogP contribution in [0, 0.1) is 11.6 Å². The van der Waals surface area contributed by atoms with Crippen LogP contribution < -0.4 is 5.32 Å². The van der Waals surface area contributed by atoms with Gasteiger partial charge in [-0.25, -0.2) is 17.2 Å². The molecule has 9 nitrogen and oxygen atoms in total. The number of furan rings is 1. The fourth-order valence-electron chi connectivity index (χ4n) is 3.69. The van der Waals surface area contributed by atoms with Gasteiger partial charge in [-0.05, 0) is 60.7 Å². The third-order valence-corrected chi connectivity index (χ3v) is 7.53. The van der Waals surface area contributed by atoms with E-state index < -0.39 is 38.7 Å². The average Bonchev–Trinajstić information content (AvgIpc) is 3.42. The number of rotatable bonds is 6. The second-order valence-electron chi connectivity index (χ2n) is 7.95. The quantitative estimate of drug-likeness (QED) is 0.501. The zero-order valence-corrected chi connectivity index (χ0v) is 19.6. The van der Waals surface area contributed by atoms with Crippen molar-refractivity contribution >= 4 is 27.6 Å². The molecule has 0 spiro atoms. The van der Waals surface area contributed by atoms with Crippen LogP contribution in [0.1, 0.15) is 20.9 Å². The van der Waals surface area contributed by atoms with E-state index in [4.69, 9.17) is 4.42 Å². The van der Waals surface area contributed by atoms with Crippen LogP contribution in [0.4, 0.5) is 8.78 Å². The minimum absolute atomic E-state index is 0.00708. The number of benzene rings is 2. The number of nitrogens with zero attached hydrogens (tertiary/aromatic N) is 2. The summed E-state index contributed by atoms with van der Waals surface area (Å²) in [6.45, 7) is 0.237. The molecule has 3 aromatic rings. The lowest BCUT2D eigenvalue weighted by atomic mass is 10.2. The third-order valence-electron chi connectivity index (χ3n) is 5.66. The van der Waals surface area contributed by atoms with Crippen molar-refractivity contribution in [2.24, 2.45) is 0 Å². The number of carbonyl (C=O) groups excluding carboxylic acids is 3. The van der Waals surface area contributed by atoms with Gasteiger partial charge in [-0.1, -0.05) is 0 Å². The van der Waals surface area contributed by atoms with Gasteiger partial charge in [0.1, 0.15) is 11.6 Å². The predicted octanol–water partition coefficient (Wildman–Crippen LogP) is 2.07. The molecule has 1 fully saturated rings. The fourth-order valence-corrected chi connectivity index (χ4v) is 5.15. The summed E-state index contributed by atoms with van der Waals surface area (Å²) in [5.74, 6) is -3.33. The van der Waals surface area contributed by atoms with Crippen LogP contribution in [0.5, 0.6) is 0 Å². The molecule has 12 heteroatoms. The second kappa shape index (κ2) is 10.3. The molecule has 188 valence electrons. The Hall–Kier alpha value is -4.06. The molecule has 1 atom stereocenters. The molecule has 0 radical (unpaired) electrons. The summed E-state index contributed by atoms with van der Waals surface area (Å²) >= 11 is 0. The van der Waals surface area contributed by atoms with Crippen molar-refractivity contribution in [1.82, 2.24) is 15.1 Å². The van der Waals surface area contributed by atoms with E-state index in [0.717, 1.165) is 48.5 Å². The SMILES string of the molecule is O=C(NC(C(=O)N1CCN(C(=O)c2ccco2)CC1)S(=O)(=O)c1ccc(F)cc1)c1ccc(F)cc1. The lowest BCUT2D eigenvalue weighted by Crippen LogP contribution is -2.57. The predicted molar refractivity (Wildman–Crippen MR) is 122 cm³/mol. The molecule has 0 aliphatic carbocycles. The number of piperazine rings is 1. The number of amides is 3. The highest BCUT2D eigenvalue weighted by Crippen LogP contribution is 2.19. The molecule has 1 aliphatic heterocycles. The Labute approximate surface area is 205 Å². The molecular weight excluding hydrogens is 496 g/mol. The molecule has 0 saturated carbocycles. The fraction of sp³-hybridized carbons (Fsp3) is 0.208. The van der Waals surface area contributed by atoms with Gasteiger partial charge < -0.3 is 19.5 Å². The summed E-state index contributed by atoms with van der Waals surface area (Å²) < 4.78 is 58.5. The monoisotopic (exact) mass is 517 g/mol. The first-order valence-corrected chi connectivity index (χ1v) is 12.4. The minimum atomic E-state index is -4.50. The molecular formula is C24H21F2N3O6S. The molecule has 3 amide bonds. The Morgan fingerprint density at radius 2 is 1.39 bits per heavy atom. The van der Waals surface area contributed by atoms with Crippen molar-refractivity contribution in [3.05, 3.63) is 89.9 Å². The minimum Gasteiger partial charge on any atom is -0.459 e. The Bertz CT molecular complexity index is 1350. The number of carbonyl (C=O) groups is 3. The smallest absolute Gasteiger partial charge is 0.289 e. The summed E-state index contributed by atoms with van der Waals surface area (Å²) in [4.78, 5) is 41.0. The molecule has 1 aliphatic rings. The topological polar surface area (TPSA) is 117 Å². The molecule has 1 unspecified atom stereocenters. The molecule has 2 heterocycles.